The molecule has 0 spiro atoms. The van der Waals surface area contributed by atoms with Crippen molar-refractivity contribution < 1.29 is 9.47 Å². The molecule has 0 unspecified atom stereocenters. The zero-order chi connectivity index (χ0) is 16.5. The molecule has 0 N–H and O–H groups in total. The van der Waals surface area contributed by atoms with Crippen LogP contribution < -0.4 is 14.8 Å². The van der Waals surface area contributed by atoms with Gasteiger partial charge < -0.3 is 9.47 Å². The molecular formula is C14H14O2P2S5. The van der Waals surface area contributed by atoms with Gasteiger partial charge in [-0.25, -0.2) is 0 Å². The van der Waals surface area contributed by atoms with Crippen LogP contribution in [0.4, 0.5) is 0 Å². The van der Waals surface area contributed by atoms with E-state index in [9.17, 15) is 0 Å². The fourth-order valence-corrected chi connectivity index (χ4v) is 56.2. The van der Waals surface area contributed by atoms with E-state index in [0.717, 1.165) is 11.5 Å². The summed E-state index contributed by atoms with van der Waals surface area (Å²) in [5.74, 6) is 1.72. The number of ether oxygens (including phenoxy) is 2. The summed E-state index contributed by atoms with van der Waals surface area (Å²) in [7, 11) is 3.35. The van der Waals surface area contributed by atoms with Gasteiger partial charge in [-0.2, -0.15) is 0 Å². The Kier molecular flexibility index (Phi) is 5.79. The van der Waals surface area contributed by atoms with E-state index in [1.807, 2.05) is 46.3 Å². The highest BCUT2D eigenvalue weighted by Crippen LogP contribution is 3.09. The average molecular weight is 437 g/mol. The Morgan fingerprint density at radius 2 is 1.30 bits per heavy atom. The summed E-state index contributed by atoms with van der Waals surface area (Å²) in [6.07, 6.45) is 0. The first-order valence-corrected chi connectivity index (χ1v) is 17.7. The van der Waals surface area contributed by atoms with Gasteiger partial charge in [-0.05, 0) is 48.5 Å². The van der Waals surface area contributed by atoms with Crippen LogP contribution in [-0.2, 0) is 23.6 Å². The predicted molar refractivity (Wildman–Crippen MR) is 115 cm³/mol. The SMILES string of the molecule is COc1ccc(SP2(=S)SP(=S)(c3ccc(OC)cc3)S2)cc1. The second-order valence-corrected chi connectivity index (χ2v) is 30.2. The highest BCUT2D eigenvalue weighted by atomic mass is 33.8. The van der Waals surface area contributed by atoms with Crippen molar-refractivity contribution in [2.24, 2.45) is 0 Å². The van der Waals surface area contributed by atoms with Gasteiger partial charge >= 0.3 is 0 Å². The van der Waals surface area contributed by atoms with E-state index in [2.05, 4.69) is 24.3 Å². The molecule has 2 aromatic carbocycles. The minimum absolute atomic E-state index is 0.859. The van der Waals surface area contributed by atoms with Crippen LogP contribution in [0.25, 0.3) is 0 Å². The molecule has 0 aliphatic carbocycles. The third kappa shape index (κ3) is 4.14. The van der Waals surface area contributed by atoms with E-state index in [-0.39, 0.29) is 0 Å². The second kappa shape index (κ2) is 7.33. The van der Waals surface area contributed by atoms with Gasteiger partial charge in [0.05, 0.1) is 18.7 Å². The topological polar surface area (TPSA) is 18.5 Å². The smallest absolute Gasteiger partial charge is 0.125 e. The molecule has 3 rings (SSSR count). The lowest BCUT2D eigenvalue weighted by atomic mass is 10.3. The zero-order valence-corrected chi connectivity index (χ0v) is 18.2. The van der Waals surface area contributed by atoms with Crippen LogP contribution in [0.3, 0.4) is 0 Å². The molecule has 0 bridgehead atoms. The molecule has 0 atom stereocenters. The first kappa shape index (κ1) is 18.2. The van der Waals surface area contributed by atoms with Crippen molar-refractivity contribution in [3.8, 4) is 11.5 Å². The van der Waals surface area contributed by atoms with E-state index < -0.39 is 8.08 Å². The Labute approximate surface area is 158 Å². The summed E-state index contributed by atoms with van der Waals surface area (Å²) >= 11 is 17.3. The van der Waals surface area contributed by atoms with Gasteiger partial charge in [0.2, 0.25) is 0 Å². The Hall–Kier alpha value is 0.390. The van der Waals surface area contributed by atoms with Gasteiger partial charge in [-0.15, -0.1) is 0 Å². The maximum absolute atomic E-state index is 5.91. The molecule has 0 radical (unpaired) electrons. The van der Waals surface area contributed by atoms with Crippen LogP contribution in [0, 0.1) is 0 Å². The largest absolute Gasteiger partial charge is 0.497 e. The Morgan fingerprint density at radius 3 is 1.78 bits per heavy atom. The van der Waals surface area contributed by atoms with Gasteiger partial charge in [0, 0.05) is 10.2 Å². The molecule has 1 fully saturated rings. The van der Waals surface area contributed by atoms with Crippen molar-refractivity contribution in [2.75, 3.05) is 14.2 Å². The molecule has 0 saturated carbocycles. The maximum atomic E-state index is 5.91. The monoisotopic (exact) mass is 436 g/mol. The molecule has 9 heteroatoms. The molecule has 122 valence electrons. The standard InChI is InChI=1S/C14H14O2P2S5/c1-15-11-3-7-13(8-4-11)17(19)22-18(20,23-17)21-14-9-5-12(16-2)6-10-14/h3-10H,1-2H3. The van der Waals surface area contributed by atoms with Crippen molar-refractivity contribution in [2.45, 2.75) is 4.90 Å². The third-order valence-electron chi connectivity index (χ3n) is 3.08. The molecule has 1 aliphatic rings. The minimum Gasteiger partial charge on any atom is -0.497 e. The number of benzene rings is 2. The number of hydrogen-bond donors (Lipinski definition) is 0. The Bertz CT molecular complexity index is 778. The molecular weight excluding hydrogens is 422 g/mol. The molecule has 0 amide bonds. The highest BCUT2D eigenvalue weighted by molar-refractivity contribution is 9.57. The maximum Gasteiger partial charge on any atom is 0.125 e. The lowest BCUT2D eigenvalue weighted by molar-refractivity contribution is 0.414. The van der Waals surface area contributed by atoms with Crippen LogP contribution in [-0.4, -0.2) is 14.2 Å². The summed E-state index contributed by atoms with van der Waals surface area (Å²) in [6.45, 7) is 0. The van der Waals surface area contributed by atoms with Crippen molar-refractivity contribution >= 4 is 70.4 Å². The summed E-state index contributed by atoms with van der Waals surface area (Å²) < 4.78 is 7.17. The van der Waals surface area contributed by atoms with Crippen LogP contribution in [0.1, 0.15) is 0 Å². The normalized spacial score (nSPS) is 26.3. The molecule has 1 saturated heterocycles. The van der Waals surface area contributed by atoms with Gasteiger partial charge in [-0.3, -0.25) is 0 Å². The Balaban J connectivity index is 1.69. The fourth-order valence-electron chi connectivity index (χ4n) is 1.93. The van der Waals surface area contributed by atoms with E-state index in [4.69, 9.17) is 33.1 Å². The molecule has 2 aromatic rings. The van der Waals surface area contributed by atoms with E-state index in [1.165, 1.54) is 10.2 Å². The lowest BCUT2D eigenvalue weighted by Gasteiger charge is -2.39. The molecule has 1 aliphatic heterocycles. The van der Waals surface area contributed by atoms with Crippen LogP contribution >= 0.6 is 41.5 Å². The fraction of sp³-hybridized carbons (Fsp3) is 0.143. The van der Waals surface area contributed by atoms with Crippen molar-refractivity contribution in [1.29, 1.82) is 0 Å². The van der Waals surface area contributed by atoms with E-state index in [1.54, 1.807) is 25.6 Å². The highest BCUT2D eigenvalue weighted by Gasteiger charge is 2.45. The van der Waals surface area contributed by atoms with Gasteiger partial charge in [0.1, 0.15) is 15.1 Å². The number of rotatable bonds is 5. The quantitative estimate of drug-likeness (QED) is 0.518. The van der Waals surface area contributed by atoms with Gasteiger partial charge in [-0.1, -0.05) is 57.0 Å². The summed E-state index contributed by atoms with van der Waals surface area (Å²) in [6, 6.07) is 16.2. The lowest BCUT2D eigenvalue weighted by Crippen LogP contribution is -2.02. The minimum atomic E-state index is -1.64. The average Bonchev–Trinajstić information content (AvgIpc) is 2.54. The zero-order valence-electron chi connectivity index (χ0n) is 12.4. The summed E-state index contributed by atoms with van der Waals surface area (Å²) in [4.78, 5) is 1.19. The van der Waals surface area contributed by atoms with Crippen LogP contribution in [0.5, 0.6) is 11.5 Å². The molecule has 23 heavy (non-hydrogen) atoms. The first-order chi connectivity index (χ1) is 11.0. The second-order valence-electron chi connectivity index (χ2n) is 4.57. The van der Waals surface area contributed by atoms with Gasteiger partial charge in [0.15, 0.2) is 0 Å². The number of hydrogen-bond acceptors (Lipinski definition) is 7. The summed E-state index contributed by atoms with van der Waals surface area (Å²) in [5, 5.41) is 1.22. The van der Waals surface area contributed by atoms with Crippen LogP contribution in [0.2, 0.25) is 0 Å². The van der Waals surface area contributed by atoms with Crippen molar-refractivity contribution in [3.63, 3.8) is 0 Å². The Morgan fingerprint density at radius 1 is 0.826 bits per heavy atom. The first-order valence-electron chi connectivity index (χ1n) is 6.57. The van der Waals surface area contributed by atoms with Crippen LogP contribution in [0.15, 0.2) is 53.4 Å². The predicted octanol–water partition coefficient (Wildman–Crippen LogP) is 6.14. The van der Waals surface area contributed by atoms with E-state index in [0.29, 0.717) is 0 Å². The summed E-state index contributed by atoms with van der Waals surface area (Å²) in [5.41, 5.74) is 0. The van der Waals surface area contributed by atoms with E-state index >= 15 is 0 Å². The van der Waals surface area contributed by atoms with Gasteiger partial charge in [0.25, 0.3) is 0 Å². The van der Waals surface area contributed by atoms with Crippen molar-refractivity contribution in [1.82, 2.24) is 0 Å². The number of methoxy groups -OCH3 is 2. The van der Waals surface area contributed by atoms with Crippen molar-refractivity contribution in [3.05, 3.63) is 48.5 Å². The third-order valence-corrected chi connectivity index (χ3v) is 38.7. The molecule has 2 nitrogen and oxygen atoms in total. The molecule has 0 aromatic heterocycles. The molecule has 1 heterocycles.